The number of hydrogen-bond acceptors (Lipinski definition) is 4. The van der Waals surface area contributed by atoms with E-state index in [1.165, 1.54) is 25.7 Å². The molecule has 0 bridgehead atoms. The standard InChI is InChI=1S/C14H27NO2S/c1-11(2)15-14(9-16,12-3-4-12)10-18-13-5-7-17-8-6-13/h11-13,15-16H,3-10H2,1-2H3. The van der Waals surface area contributed by atoms with Crippen molar-refractivity contribution in [1.29, 1.82) is 0 Å². The predicted octanol–water partition coefficient (Wildman–Crippen LogP) is 2.04. The summed E-state index contributed by atoms with van der Waals surface area (Å²) >= 11 is 2.04. The van der Waals surface area contributed by atoms with Crippen molar-refractivity contribution in [2.45, 2.75) is 56.4 Å². The first-order valence-corrected chi connectivity index (χ1v) is 8.29. The molecule has 1 aliphatic heterocycles. The second kappa shape index (κ2) is 6.60. The van der Waals surface area contributed by atoms with Crippen LogP contribution in [0.1, 0.15) is 39.5 Å². The molecule has 0 radical (unpaired) electrons. The van der Waals surface area contributed by atoms with E-state index in [1.54, 1.807) is 0 Å². The van der Waals surface area contributed by atoms with Gasteiger partial charge in [0.1, 0.15) is 0 Å². The molecule has 106 valence electrons. The lowest BCUT2D eigenvalue weighted by atomic mass is 9.95. The topological polar surface area (TPSA) is 41.5 Å². The Hall–Kier alpha value is 0.230. The number of aliphatic hydroxyl groups excluding tert-OH is 1. The van der Waals surface area contributed by atoms with E-state index in [-0.39, 0.29) is 12.1 Å². The van der Waals surface area contributed by atoms with Crippen molar-refractivity contribution in [2.24, 2.45) is 5.92 Å². The highest BCUT2D eigenvalue weighted by molar-refractivity contribution is 8.00. The van der Waals surface area contributed by atoms with Crippen molar-refractivity contribution in [3.63, 3.8) is 0 Å². The fourth-order valence-corrected chi connectivity index (χ4v) is 4.29. The fourth-order valence-electron chi connectivity index (χ4n) is 2.82. The van der Waals surface area contributed by atoms with Crippen molar-refractivity contribution < 1.29 is 9.84 Å². The summed E-state index contributed by atoms with van der Waals surface area (Å²) < 4.78 is 5.40. The van der Waals surface area contributed by atoms with Gasteiger partial charge in [0.15, 0.2) is 0 Å². The minimum absolute atomic E-state index is 0.0445. The monoisotopic (exact) mass is 273 g/mol. The van der Waals surface area contributed by atoms with Gasteiger partial charge in [-0.2, -0.15) is 11.8 Å². The average molecular weight is 273 g/mol. The van der Waals surface area contributed by atoms with Crippen LogP contribution in [0.25, 0.3) is 0 Å². The van der Waals surface area contributed by atoms with Gasteiger partial charge in [-0.05, 0) is 31.6 Å². The molecule has 0 spiro atoms. The molecule has 1 heterocycles. The van der Waals surface area contributed by atoms with E-state index < -0.39 is 0 Å². The molecule has 3 nitrogen and oxygen atoms in total. The third-order valence-electron chi connectivity index (χ3n) is 3.96. The van der Waals surface area contributed by atoms with Crippen LogP contribution >= 0.6 is 11.8 Å². The van der Waals surface area contributed by atoms with E-state index in [1.807, 2.05) is 11.8 Å². The highest BCUT2D eigenvalue weighted by atomic mass is 32.2. The number of ether oxygens (including phenoxy) is 1. The quantitative estimate of drug-likeness (QED) is 0.745. The zero-order valence-electron chi connectivity index (χ0n) is 11.7. The molecule has 2 N–H and O–H groups in total. The first-order valence-electron chi connectivity index (χ1n) is 7.24. The summed E-state index contributed by atoms with van der Waals surface area (Å²) in [5.41, 5.74) is -0.0445. The summed E-state index contributed by atoms with van der Waals surface area (Å²) in [4.78, 5) is 0. The number of nitrogens with one attached hydrogen (secondary N) is 1. The summed E-state index contributed by atoms with van der Waals surface area (Å²) in [5.74, 6) is 1.72. The Bertz CT molecular complexity index is 252. The van der Waals surface area contributed by atoms with Gasteiger partial charge in [0.05, 0.1) is 12.1 Å². The van der Waals surface area contributed by atoms with Crippen LogP contribution in [0, 0.1) is 5.92 Å². The summed E-state index contributed by atoms with van der Waals surface area (Å²) in [6, 6.07) is 0.438. The lowest BCUT2D eigenvalue weighted by molar-refractivity contribution is 0.0996. The number of hydrogen-bond donors (Lipinski definition) is 2. The van der Waals surface area contributed by atoms with E-state index in [0.717, 1.165) is 24.2 Å². The summed E-state index contributed by atoms with van der Waals surface area (Å²) in [7, 11) is 0. The van der Waals surface area contributed by atoms with Crippen LogP contribution < -0.4 is 5.32 Å². The summed E-state index contributed by atoms with van der Waals surface area (Å²) in [6.07, 6.45) is 4.88. The minimum Gasteiger partial charge on any atom is -0.394 e. The van der Waals surface area contributed by atoms with E-state index in [0.29, 0.717) is 12.0 Å². The molecule has 1 aliphatic carbocycles. The molecule has 0 aromatic rings. The Morgan fingerprint density at radius 2 is 1.94 bits per heavy atom. The molecule has 1 saturated carbocycles. The van der Waals surface area contributed by atoms with Crippen LogP contribution in [-0.4, -0.2) is 47.5 Å². The van der Waals surface area contributed by atoms with Gasteiger partial charge in [-0.3, -0.25) is 0 Å². The molecular weight excluding hydrogens is 246 g/mol. The van der Waals surface area contributed by atoms with Crippen molar-refractivity contribution in [3.05, 3.63) is 0 Å². The first-order chi connectivity index (χ1) is 8.66. The SMILES string of the molecule is CC(C)NC(CO)(CSC1CCOCC1)C1CC1. The predicted molar refractivity (Wildman–Crippen MR) is 77.1 cm³/mol. The highest BCUT2D eigenvalue weighted by Gasteiger charge is 2.45. The normalized spacial score (nSPS) is 25.3. The van der Waals surface area contributed by atoms with E-state index in [2.05, 4.69) is 19.2 Å². The fraction of sp³-hybridized carbons (Fsp3) is 1.00. The zero-order valence-corrected chi connectivity index (χ0v) is 12.5. The molecule has 1 unspecified atom stereocenters. The van der Waals surface area contributed by atoms with Crippen LogP contribution in [-0.2, 0) is 4.74 Å². The van der Waals surface area contributed by atoms with Crippen molar-refractivity contribution >= 4 is 11.8 Å². The zero-order chi connectivity index (χ0) is 13.0. The van der Waals surface area contributed by atoms with Gasteiger partial charge in [-0.15, -0.1) is 0 Å². The molecule has 2 fully saturated rings. The van der Waals surface area contributed by atoms with Crippen LogP contribution in [0.3, 0.4) is 0 Å². The van der Waals surface area contributed by atoms with Gasteiger partial charge < -0.3 is 15.2 Å². The molecule has 2 aliphatic rings. The Balaban J connectivity index is 1.87. The van der Waals surface area contributed by atoms with Gasteiger partial charge >= 0.3 is 0 Å². The molecule has 1 atom stereocenters. The number of aliphatic hydroxyl groups is 1. The Morgan fingerprint density at radius 3 is 2.44 bits per heavy atom. The van der Waals surface area contributed by atoms with Crippen LogP contribution in [0.2, 0.25) is 0 Å². The Labute approximate surface area is 115 Å². The molecule has 0 aromatic heterocycles. The molecule has 18 heavy (non-hydrogen) atoms. The minimum atomic E-state index is -0.0445. The largest absolute Gasteiger partial charge is 0.394 e. The van der Waals surface area contributed by atoms with Crippen LogP contribution in [0.5, 0.6) is 0 Å². The van der Waals surface area contributed by atoms with E-state index in [4.69, 9.17) is 4.74 Å². The maximum atomic E-state index is 9.86. The average Bonchev–Trinajstić information content (AvgIpc) is 3.20. The lowest BCUT2D eigenvalue weighted by Gasteiger charge is -2.37. The molecule has 0 amide bonds. The van der Waals surface area contributed by atoms with Crippen LogP contribution in [0.15, 0.2) is 0 Å². The molecule has 2 rings (SSSR count). The van der Waals surface area contributed by atoms with E-state index >= 15 is 0 Å². The van der Waals surface area contributed by atoms with E-state index in [9.17, 15) is 5.11 Å². The summed E-state index contributed by atoms with van der Waals surface area (Å²) in [6.45, 7) is 6.43. The lowest BCUT2D eigenvalue weighted by Crippen LogP contribution is -2.55. The number of thioether (sulfide) groups is 1. The number of rotatable bonds is 7. The van der Waals surface area contributed by atoms with Gasteiger partial charge in [-0.25, -0.2) is 0 Å². The first kappa shape index (κ1) is 14.6. The third kappa shape index (κ3) is 3.86. The second-order valence-corrected chi connectivity index (χ2v) is 7.30. The maximum Gasteiger partial charge on any atom is 0.0624 e. The molecule has 1 saturated heterocycles. The smallest absolute Gasteiger partial charge is 0.0624 e. The Kier molecular flexibility index (Phi) is 5.36. The van der Waals surface area contributed by atoms with Crippen molar-refractivity contribution in [1.82, 2.24) is 5.32 Å². The highest BCUT2D eigenvalue weighted by Crippen LogP contribution is 2.42. The Morgan fingerprint density at radius 1 is 1.28 bits per heavy atom. The van der Waals surface area contributed by atoms with Gasteiger partial charge in [-0.1, -0.05) is 13.8 Å². The second-order valence-electron chi connectivity index (χ2n) is 6.01. The molecule has 4 heteroatoms. The van der Waals surface area contributed by atoms with Crippen molar-refractivity contribution in [2.75, 3.05) is 25.6 Å². The molecular formula is C14H27NO2S. The van der Waals surface area contributed by atoms with Crippen molar-refractivity contribution in [3.8, 4) is 0 Å². The van der Waals surface area contributed by atoms with Crippen LogP contribution in [0.4, 0.5) is 0 Å². The van der Waals surface area contributed by atoms with Gasteiger partial charge in [0.25, 0.3) is 0 Å². The maximum absolute atomic E-state index is 9.86. The molecule has 0 aromatic carbocycles. The third-order valence-corrected chi connectivity index (χ3v) is 5.59. The van der Waals surface area contributed by atoms with Gasteiger partial charge in [0.2, 0.25) is 0 Å². The van der Waals surface area contributed by atoms with Gasteiger partial charge in [0, 0.05) is 30.3 Å². The summed E-state index contributed by atoms with van der Waals surface area (Å²) in [5, 5.41) is 14.2.